The highest BCUT2D eigenvalue weighted by Crippen LogP contribution is 2.27. The van der Waals surface area contributed by atoms with Crippen molar-refractivity contribution < 1.29 is 14.0 Å². The number of oxazole rings is 1. The lowest BCUT2D eigenvalue weighted by Gasteiger charge is -2.29. The zero-order valence-corrected chi connectivity index (χ0v) is 15.3. The van der Waals surface area contributed by atoms with E-state index < -0.39 is 0 Å². The van der Waals surface area contributed by atoms with Crippen molar-refractivity contribution in [2.75, 3.05) is 13.1 Å². The van der Waals surface area contributed by atoms with Crippen molar-refractivity contribution in [1.29, 1.82) is 0 Å². The average Bonchev–Trinajstić information content (AvgIpc) is 3.22. The minimum Gasteiger partial charge on any atom is -0.443 e. The third-order valence-electron chi connectivity index (χ3n) is 5.50. The predicted octanol–water partition coefficient (Wildman–Crippen LogP) is 3.05. The molecule has 0 atom stereocenters. The van der Waals surface area contributed by atoms with Gasteiger partial charge in [0.05, 0.1) is 6.54 Å². The highest BCUT2D eigenvalue weighted by atomic mass is 16.4. The Bertz CT molecular complexity index is 611. The summed E-state index contributed by atoms with van der Waals surface area (Å²) >= 11 is 0. The van der Waals surface area contributed by atoms with Gasteiger partial charge < -0.3 is 14.6 Å². The standard InChI is InChI=1S/C19H29N3O3/c1-13-7-9-22(10-8-13)19(24)18-14(2)25-17(21-18)12-20-16(23)11-15-5-3-4-6-15/h13,15H,3-12H2,1-2H3,(H,20,23). The Morgan fingerprint density at radius 1 is 1.20 bits per heavy atom. The monoisotopic (exact) mass is 347 g/mol. The van der Waals surface area contributed by atoms with E-state index in [0.29, 0.717) is 35.6 Å². The van der Waals surface area contributed by atoms with Crippen LogP contribution in [0.3, 0.4) is 0 Å². The van der Waals surface area contributed by atoms with Crippen LogP contribution in [-0.2, 0) is 11.3 Å². The molecule has 1 saturated heterocycles. The van der Waals surface area contributed by atoms with Gasteiger partial charge in [-0.05, 0) is 44.4 Å². The van der Waals surface area contributed by atoms with Crippen molar-refractivity contribution in [2.24, 2.45) is 11.8 Å². The molecule has 0 radical (unpaired) electrons. The molecule has 0 aromatic carbocycles. The maximum absolute atomic E-state index is 12.6. The van der Waals surface area contributed by atoms with E-state index in [0.717, 1.165) is 38.8 Å². The largest absolute Gasteiger partial charge is 0.443 e. The SMILES string of the molecule is Cc1oc(CNC(=O)CC2CCCC2)nc1C(=O)N1CCC(C)CC1. The Labute approximate surface area is 149 Å². The molecule has 2 fully saturated rings. The van der Waals surface area contributed by atoms with Gasteiger partial charge in [-0.1, -0.05) is 19.8 Å². The molecule has 138 valence electrons. The van der Waals surface area contributed by atoms with E-state index in [2.05, 4.69) is 17.2 Å². The van der Waals surface area contributed by atoms with Crippen LogP contribution >= 0.6 is 0 Å². The number of hydrogen-bond donors (Lipinski definition) is 1. The van der Waals surface area contributed by atoms with E-state index in [1.54, 1.807) is 6.92 Å². The van der Waals surface area contributed by atoms with Crippen LogP contribution < -0.4 is 5.32 Å². The number of piperidine rings is 1. The second kappa shape index (κ2) is 8.02. The number of likely N-dealkylation sites (tertiary alicyclic amines) is 1. The Morgan fingerprint density at radius 3 is 2.56 bits per heavy atom. The fourth-order valence-electron chi connectivity index (χ4n) is 3.81. The van der Waals surface area contributed by atoms with Gasteiger partial charge in [0.2, 0.25) is 11.8 Å². The summed E-state index contributed by atoms with van der Waals surface area (Å²) in [6.45, 7) is 5.78. The average molecular weight is 347 g/mol. The normalized spacial score (nSPS) is 19.4. The molecule has 0 unspecified atom stereocenters. The lowest BCUT2D eigenvalue weighted by atomic mass is 9.99. The third-order valence-corrected chi connectivity index (χ3v) is 5.50. The number of hydrogen-bond acceptors (Lipinski definition) is 4. The van der Waals surface area contributed by atoms with Gasteiger partial charge in [-0.3, -0.25) is 9.59 Å². The quantitative estimate of drug-likeness (QED) is 0.888. The molecule has 1 aromatic rings. The van der Waals surface area contributed by atoms with Crippen molar-refractivity contribution in [1.82, 2.24) is 15.2 Å². The minimum absolute atomic E-state index is 0.0423. The number of aromatic nitrogens is 1. The summed E-state index contributed by atoms with van der Waals surface area (Å²) in [5.74, 6) is 2.12. The van der Waals surface area contributed by atoms with Crippen LogP contribution in [0.4, 0.5) is 0 Å². The summed E-state index contributed by atoms with van der Waals surface area (Å²) in [6.07, 6.45) is 7.42. The number of nitrogens with zero attached hydrogens (tertiary/aromatic N) is 2. The topological polar surface area (TPSA) is 75.4 Å². The molecule has 1 saturated carbocycles. The fraction of sp³-hybridized carbons (Fsp3) is 0.737. The summed E-state index contributed by atoms with van der Waals surface area (Å²) in [5.41, 5.74) is 0.384. The van der Waals surface area contributed by atoms with Crippen LogP contribution in [-0.4, -0.2) is 34.8 Å². The van der Waals surface area contributed by atoms with Crippen molar-refractivity contribution in [3.8, 4) is 0 Å². The van der Waals surface area contributed by atoms with Crippen LogP contribution in [0.15, 0.2) is 4.42 Å². The first-order valence-corrected chi connectivity index (χ1v) is 9.55. The van der Waals surface area contributed by atoms with Crippen molar-refractivity contribution in [2.45, 2.75) is 65.3 Å². The molecule has 0 spiro atoms. The second-order valence-electron chi connectivity index (χ2n) is 7.62. The molecule has 2 amide bonds. The molecule has 1 aliphatic carbocycles. The highest BCUT2D eigenvalue weighted by molar-refractivity contribution is 5.93. The Balaban J connectivity index is 1.52. The molecular weight excluding hydrogens is 318 g/mol. The van der Waals surface area contributed by atoms with E-state index in [9.17, 15) is 9.59 Å². The Kier molecular flexibility index (Phi) is 5.76. The molecule has 6 heteroatoms. The van der Waals surface area contributed by atoms with Crippen LogP contribution in [0.25, 0.3) is 0 Å². The molecule has 25 heavy (non-hydrogen) atoms. The predicted molar refractivity (Wildman–Crippen MR) is 94.0 cm³/mol. The number of carbonyl (C=O) groups excluding carboxylic acids is 2. The lowest BCUT2D eigenvalue weighted by Crippen LogP contribution is -2.38. The number of aryl methyl sites for hydroxylation is 1. The summed E-state index contributed by atoms with van der Waals surface area (Å²) in [5, 5.41) is 2.87. The van der Waals surface area contributed by atoms with E-state index in [1.807, 2.05) is 4.90 Å². The van der Waals surface area contributed by atoms with Gasteiger partial charge >= 0.3 is 0 Å². The first-order valence-electron chi connectivity index (χ1n) is 9.55. The lowest BCUT2D eigenvalue weighted by molar-refractivity contribution is -0.122. The number of rotatable bonds is 5. The summed E-state index contributed by atoms with van der Waals surface area (Å²) in [7, 11) is 0. The molecule has 1 aliphatic heterocycles. The molecule has 2 aliphatic rings. The van der Waals surface area contributed by atoms with E-state index in [1.165, 1.54) is 12.8 Å². The number of amides is 2. The fourth-order valence-corrected chi connectivity index (χ4v) is 3.81. The summed E-state index contributed by atoms with van der Waals surface area (Å²) in [6, 6.07) is 0. The highest BCUT2D eigenvalue weighted by Gasteiger charge is 2.26. The smallest absolute Gasteiger partial charge is 0.276 e. The Morgan fingerprint density at radius 2 is 1.88 bits per heavy atom. The van der Waals surface area contributed by atoms with Gasteiger partial charge in [-0.25, -0.2) is 4.98 Å². The van der Waals surface area contributed by atoms with Gasteiger partial charge in [0.1, 0.15) is 5.76 Å². The van der Waals surface area contributed by atoms with Crippen molar-refractivity contribution in [3.63, 3.8) is 0 Å². The molecule has 0 bridgehead atoms. The first kappa shape index (κ1) is 18.0. The zero-order valence-electron chi connectivity index (χ0n) is 15.3. The van der Waals surface area contributed by atoms with Crippen LogP contribution in [0.2, 0.25) is 0 Å². The Hall–Kier alpha value is -1.85. The van der Waals surface area contributed by atoms with Crippen molar-refractivity contribution in [3.05, 3.63) is 17.3 Å². The summed E-state index contributed by atoms with van der Waals surface area (Å²) < 4.78 is 5.59. The second-order valence-corrected chi connectivity index (χ2v) is 7.62. The summed E-state index contributed by atoms with van der Waals surface area (Å²) in [4.78, 5) is 30.8. The van der Waals surface area contributed by atoms with E-state index in [-0.39, 0.29) is 18.4 Å². The van der Waals surface area contributed by atoms with Gasteiger partial charge in [-0.2, -0.15) is 0 Å². The molecule has 3 rings (SSSR count). The maximum atomic E-state index is 12.6. The van der Waals surface area contributed by atoms with Gasteiger partial charge in [-0.15, -0.1) is 0 Å². The van der Waals surface area contributed by atoms with Gasteiger partial charge in [0.15, 0.2) is 5.69 Å². The molecule has 1 aromatic heterocycles. The molecule has 6 nitrogen and oxygen atoms in total. The van der Waals surface area contributed by atoms with E-state index in [4.69, 9.17) is 4.42 Å². The number of carbonyl (C=O) groups is 2. The maximum Gasteiger partial charge on any atom is 0.276 e. The van der Waals surface area contributed by atoms with Crippen LogP contribution in [0.1, 0.15) is 74.0 Å². The van der Waals surface area contributed by atoms with Crippen LogP contribution in [0, 0.1) is 18.8 Å². The third kappa shape index (κ3) is 4.61. The molecule has 2 heterocycles. The molecular formula is C19H29N3O3. The van der Waals surface area contributed by atoms with Crippen LogP contribution in [0.5, 0.6) is 0 Å². The van der Waals surface area contributed by atoms with Crippen molar-refractivity contribution >= 4 is 11.8 Å². The molecule has 1 N–H and O–H groups in total. The van der Waals surface area contributed by atoms with Gasteiger partial charge in [0, 0.05) is 19.5 Å². The van der Waals surface area contributed by atoms with E-state index >= 15 is 0 Å². The minimum atomic E-state index is -0.0586. The van der Waals surface area contributed by atoms with Gasteiger partial charge in [0.25, 0.3) is 5.91 Å². The first-order chi connectivity index (χ1) is 12.0. The zero-order chi connectivity index (χ0) is 17.8. The number of nitrogens with one attached hydrogen (secondary N) is 1.